The summed E-state index contributed by atoms with van der Waals surface area (Å²) in [5.41, 5.74) is 6.42. The third-order valence-corrected chi connectivity index (χ3v) is 1.75. The highest BCUT2D eigenvalue weighted by Gasteiger charge is 2.11. The molecule has 1 heterocycles. The summed E-state index contributed by atoms with van der Waals surface area (Å²) in [7, 11) is 0. The minimum absolute atomic E-state index is 0.316. The molecule has 0 aromatic heterocycles. The number of carbonyl (C=O) groups is 1. The van der Waals surface area contributed by atoms with Crippen molar-refractivity contribution in [1.29, 1.82) is 0 Å². The van der Waals surface area contributed by atoms with Crippen LogP contribution in [0.2, 0.25) is 0 Å². The standard InChI is InChI=1S/C7H12N2O/c1-6-2-4-9(5-3-6)7(8)10/h2H,3-5H2,1H3,(H2,8,10). The van der Waals surface area contributed by atoms with Crippen molar-refractivity contribution in [3.05, 3.63) is 11.6 Å². The van der Waals surface area contributed by atoms with Crippen LogP contribution >= 0.6 is 0 Å². The summed E-state index contributed by atoms with van der Waals surface area (Å²) >= 11 is 0. The van der Waals surface area contributed by atoms with E-state index < -0.39 is 0 Å². The van der Waals surface area contributed by atoms with Crippen molar-refractivity contribution in [1.82, 2.24) is 4.90 Å². The first-order valence-electron chi connectivity index (χ1n) is 3.40. The van der Waals surface area contributed by atoms with Gasteiger partial charge < -0.3 is 10.6 Å². The lowest BCUT2D eigenvalue weighted by atomic mass is 10.1. The number of primary amides is 1. The zero-order chi connectivity index (χ0) is 7.56. The van der Waals surface area contributed by atoms with Gasteiger partial charge >= 0.3 is 6.03 Å². The summed E-state index contributed by atoms with van der Waals surface area (Å²) in [5, 5.41) is 0. The van der Waals surface area contributed by atoms with E-state index in [1.165, 1.54) is 5.57 Å². The van der Waals surface area contributed by atoms with Gasteiger partial charge in [0.05, 0.1) is 0 Å². The van der Waals surface area contributed by atoms with Gasteiger partial charge in [-0.2, -0.15) is 0 Å². The maximum absolute atomic E-state index is 10.6. The normalized spacial score (nSPS) is 18.5. The van der Waals surface area contributed by atoms with E-state index in [9.17, 15) is 4.79 Å². The van der Waals surface area contributed by atoms with E-state index in [1.807, 2.05) is 6.08 Å². The molecule has 10 heavy (non-hydrogen) atoms. The van der Waals surface area contributed by atoms with Crippen LogP contribution in [0, 0.1) is 0 Å². The minimum Gasteiger partial charge on any atom is -0.351 e. The molecule has 0 unspecified atom stereocenters. The highest BCUT2D eigenvalue weighted by atomic mass is 16.2. The Morgan fingerprint density at radius 1 is 1.80 bits per heavy atom. The molecule has 0 saturated carbocycles. The van der Waals surface area contributed by atoms with Crippen LogP contribution in [-0.4, -0.2) is 24.0 Å². The minimum atomic E-state index is -0.316. The SMILES string of the molecule is CC1=CCN(C(N)=O)CC1. The van der Waals surface area contributed by atoms with E-state index in [2.05, 4.69) is 6.92 Å². The van der Waals surface area contributed by atoms with E-state index in [-0.39, 0.29) is 6.03 Å². The Hall–Kier alpha value is -0.990. The second kappa shape index (κ2) is 2.73. The maximum atomic E-state index is 10.6. The van der Waals surface area contributed by atoms with Gasteiger partial charge in [-0.05, 0) is 13.3 Å². The van der Waals surface area contributed by atoms with Gasteiger partial charge in [0.15, 0.2) is 0 Å². The highest BCUT2D eigenvalue weighted by Crippen LogP contribution is 2.08. The van der Waals surface area contributed by atoms with Crippen LogP contribution < -0.4 is 5.73 Å². The molecule has 1 aliphatic heterocycles. The van der Waals surface area contributed by atoms with Gasteiger partial charge in [0.2, 0.25) is 0 Å². The zero-order valence-electron chi connectivity index (χ0n) is 6.13. The fraction of sp³-hybridized carbons (Fsp3) is 0.571. The van der Waals surface area contributed by atoms with Gasteiger partial charge in [-0.3, -0.25) is 0 Å². The molecular formula is C7H12N2O. The van der Waals surface area contributed by atoms with Crippen molar-refractivity contribution in [2.75, 3.05) is 13.1 Å². The number of carbonyl (C=O) groups excluding carboxylic acids is 1. The molecule has 0 fully saturated rings. The molecule has 0 aromatic carbocycles. The van der Waals surface area contributed by atoms with E-state index in [0.717, 1.165) is 13.0 Å². The smallest absolute Gasteiger partial charge is 0.315 e. The van der Waals surface area contributed by atoms with Crippen molar-refractivity contribution in [2.24, 2.45) is 5.73 Å². The van der Waals surface area contributed by atoms with Crippen molar-refractivity contribution < 1.29 is 4.79 Å². The van der Waals surface area contributed by atoms with E-state index in [4.69, 9.17) is 5.73 Å². The predicted molar refractivity (Wildman–Crippen MR) is 39.5 cm³/mol. The Bertz CT molecular complexity index is 174. The number of urea groups is 1. The lowest BCUT2D eigenvalue weighted by molar-refractivity contribution is 0.211. The average molecular weight is 140 g/mol. The first-order valence-corrected chi connectivity index (χ1v) is 3.40. The van der Waals surface area contributed by atoms with Gasteiger partial charge in [0, 0.05) is 13.1 Å². The van der Waals surface area contributed by atoms with Crippen LogP contribution in [0.3, 0.4) is 0 Å². The molecule has 0 saturated heterocycles. The molecule has 3 nitrogen and oxygen atoms in total. The van der Waals surface area contributed by atoms with Gasteiger partial charge in [-0.15, -0.1) is 0 Å². The Morgan fingerprint density at radius 3 is 2.90 bits per heavy atom. The van der Waals surface area contributed by atoms with Crippen molar-refractivity contribution in [2.45, 2.75) is 13.3 Å². The monoisotopic (exact) mass is 140 g/mol. The summed E-state index contributed by atoms with van der Waals surface area (Å²) in [6, 6.07) is -0.316. The largest absolute Gasteiger partial charge is 0.351 e. The zero-order valence-corrected chi connectivity index (χ0v) is 6.13. The fourth-order valence-corrected chi connectivity index (χ4v) is 0.971. The molecule has 3 heteroatoms. The van der Waals surface area contributed by atoms with E-state index >= 15 is 0 Å². The molecule has 0 atom stereocenters. The van der Waals surface area contributed by atoms with Crippen LogP contribution in [0.25, 0.3) is 0 Å². The molecule has 0 radical (unpaired) electrons. The van der Waals surface area contributed by atoms with Crippen LogP contribution in [-0.2, 0) is 0 Å². The third-order valence-electron chi connectivity index (χ3n) is 1.75. The van der Waals surface area contributed by atoms with Gasteiger partial charge in [-0.1, -0.05) is 11.6 Å². The van der Waals surface area contributed by atoms with Crippen molar-refractivity contribution >= 4 is 6.03 Å². The average Bonchev–Trinajstić information content (AvgIpc) is 1.88. The van der Waals surface area contributed by atoms with Crippen LogP contribution in [0.15, 0.2) is 11.6 Å². The summed E-state index contributed by atoms with van der Waals surface area (Å²) in [5.74, 6) is 0. The van der Waals surface area contributed by atoms with Crippen LogP contribution in [0.4, 0.5) is 4.79 Å². The quantitative estimate of drug-likeness (QED) is 0.495. The first kappa shape index (κ1) is 7.12. The lowest BCUT2D eigenvalue weighted by Gasteiger charge is -2.22. The molecule has 0 spiro atoms. The van der Waals surface area contributed by atoms with Crippen molar-refractivity contribution in [3.8, 4) is 0 Å². The molecule has 0 aliphatic carbocycles. The van der Waals surface area contributed by atoms with Crippen LogP contribution in [0.1, 0.15) is 13.3 Å². The van der Waals surface area contributed by atoms with Gasteiger partial charge in [0.25, 0.3) is 0 Å². The number of amides is 2. The number of hydrogen-bond donors (Lipinski definition) is 1. The number of rotatable bonds is 0. The Balaban J connectivity index is 2.50. The molecule has 1 aliphatic rings. The Labute approximate surface area is 60.5 Å². The summed E-state index contributed by atoms with van der Waals surface area (Å²) in [4.78, 5) is 12.2. The topological polar surface area (TPSA) is 46.3 Å². The number of nitrogens with two attached hydrogens (primary N) is 1. The second-order valence-electron chi connectivity index (χ2n) is 2.58. The van der Waals surface area contributed by atoms with Crippen molar-refractivity contribution in [3.63, 3.8) is 0 Å². The van der Waals surface area contributed by atoms with Gasteiger partial charge in [0.1, 0.15) is 0 Å². The Morgan fingerprint density at radius 2 is 2.50 bits per heavy atom. The second-order valence-corrected chi connectivity index (χ2v) is 2.58. The lowest BCUT2D eigenvalue weighted by Crippen LogP contribution is -2.38. The molecule has 0 aromatic rings. The van der Waals surface area contributed by atoms with E-state index in [0.29, 0.717) is 6.54 Å². The summed E-state index contributed by atoms with van der Waals surface area (Å²) in [6.07, 6.45) is 3.00. The summed E-state index contributed by atoms with van der Waals surface area (Å²) in [6.45, 7) is 3.52. The molecular weight excluding hydrogens is 128 g/mol. The van der Waals surface area contributed by atoms with E-state index in [1.54, 1.807) is 4.90 Å². The predicted octanol–water partition coefficient (Wildman–Crippen LogP) is 0.717. The molecule has 1 rings (SSSR count). The molecule has 2 N–H and O–H groups in total. The summed E-state index contributed by atoms with van der Waals surface area (Å²) < 4.78 is 0. The highest BCUT2D eigenvalue weighted by molar-refractivity contribution is 5.72. The maximum Gasteiger partial charge on any atom is 0.315 e. The number of hydrogen-bond acceptors (Lipinski definition) is 1. The first-order chi connectivity index (χ1) is 4.70. The Kier molecular flexibility index (Phi) is 1.94. The molecule has 2 amide bonds. The fourth-order valence-electron chi connectivity index (χ4n) is 0.971. The third kappa shape index (κ3) is 1.50. The molecule has 0 bridgehead atoms. The van der Waals surface area contributed by atoms with Gasteiger partial charge in [-0.25, -0.2) is 4.79 Å². The number of nitrogens with zero attached hydrogens (tertiary/aromatic N) is 1. The van der Waals surface area contributed by atoms with Crippen LogP contribution in [0.5, 0.6) is 0 Å². The molecule has 56 valence electrons.